The van der Waals surface area contributed by atoms with Gasteiger partial charge in [0.2, 0.25) is 0 Å². The number of benzene rings is 2. The second-order valence-electron chi connectivity index (χ2n) is 4.33. The van der Waals surface area contributed by atoms with E-state index < -0.39 is 0 Å². The summed E-state index contributed by atoms with van der Waals surface area (Å²) in [5.74, 6) is 1.25. The number of hydrogen-bond donors (Lipinski definition) is 0. The third-order valence-corrected chi connectivity index (χ3v) is 3.11. The Morgan fingerprint density at radius 1 is 1.15 bits per heavy atom. The summed E-state index contributed by atoms with van der Waals surface area (Å²) in [6.45, 7) is 2.46. The Morgan fingerprint density at radius 2 is 1.95 bits per heavy atom. The van der Waals surface area contributed by atoms with Crippen LogP contribution in [-0.2, 0) is 16.0 Å². The average Bonchev–Trinajstić information content (AvgIpc) is 2.48. The molecule has 0 amide bonds. The molecule has 0 aliphatic carbocycles. The van der Waals surface area contributed by atoms with Gasteiger partial charge in [0.25, 0.3) is 0 Å². The molecule has 2 aromatic carbocycles. The monoisotopic (exact) mass is 274 g/mol. The van der Waals surface area contributed by atoms with Crippen molar-refractivity contribution in [3.63, 3.8) is 0 Å². The number of rotatable bonds is 5. The van der Waals surface area contributed by atoms with Crippen LogP contribution in [0, 0.1) is 0 Å². The number of esters is 1. The van der Waals surface area contributed by atoms with Gasteiger partial charge >= 0.3 is 5.97 Å². The first-order chi connectivity index (χ1) is 9.69. The third kappa shape index (κ3) is 2.85. The fraction of sp³-hybridized carbons (Fsp3) is 0.312. The van der Waals surface area contributed by atoms with Crippen LogP contribution in [0.2, 0.25) is 0 Å². The highest BCUT2D eigenvalue weighted by Crippen LogP contribution is 2.32. The molecule has 0 aromatic heterocycles. The van der Waals surface area contributed by atoms with E-state index in [1.54, 1.807) is 7.11 Å². The summed E-state index contributed by atoms with van der Waals surface area (Å²) in [7, 11) is 3.02. The number of hydrogen-bond acceptors (Lipinski definition) is 4. The topological polar surface area (TPSA) is 44.8 Å². The minimum atomic E-state index is -0.279. The first kappa shape index (κ1) is 14.2. The van der Waals surface area contributed by atoms with E-state index in [2.05, 4.69) is 0 Å². The lowest BCUT2D eigenvalue weighted by atomic mass is 10.0. The van der Waals surface area contributed by atoms with Crippen molar-refractivity contribution >= 4 is 16.7 Å². The Hall–Kier alpha value is -2.23. The molecule has 106 valence electrons. The number of ether oxygens (including phenoxy) is 3. The van der Waals surface area contributed by atoms with Crippen molar-refractivity contribution in [3.8, 4) is 11.5 Å². The van der Waals surface area contributed by atoms with E-state index in [1.807, 2.05) is 37.3 Å². The second kappa shape index (κ2) is 6.28. The van der Waals surface area contributed by atoms with E-state index in [4.69, 9.17) is 14.2 Å². The Labute approximate surface area is 118 Å². The second-order valence-corrected chi connectivity index (χ2v) is 4.33. The van der Waals surface area contributed by atoms with Gasteiger partial charge in [-0.25, -0.2) is 0 Å². The maximum absolute atomic E-state index is 11.5. The normalized spacial score (nSPS) is 10.3. The highest BCUT2D eigenvalue weighted by Gasteiger charge is 2.13. The van der Waals surface area contributed by atoms with E-state index in [9.17, 15) is 4.79 Å². The van der Waals surface area contributed by atoms with Crippen LogP contribution in [0.1, 0.15) is 12.5 Å². The van der Waals surface area contributed by atoms with Gasteiger partial charge in [-0.3, -0.25) is 4.79 Å². The summed E-state index contributed by atoms with van der Waals surface area (Å²) in [4.78, 5) is 11.5. The Kier molecular flexibility index (Phi) is 4.45. The number of methoxy groups -OCH3 is 2. The predicted molar refractivity (Wildman–Crippen MR) is 77.4 cm³/mol. The van der Waals surface area contributed by atoms with Crippen LogP contribution in [0.15, 0.2) is 30.3 Å². The number of carbonyl (C=O) groups excluding carboxylic acids is 1. The van der Waals surface area contributed by atoms with Crippen LogP contribution in [0.5, 0.6) is 11.5 Å². The van der Waals surface area contributed by atoms with Crippen molar-refractivity contribution in [1.82, 2.24) is 0 Å². The summed E-state index contributed by atoms with van der Waals surface area (Å²) >= 11 is 0. The largest absolute Gasteiger partial charge is 0.497 e. The van der Waals surface area contributed by atoms with Gasteiger partial charge in [0, 0.05) is 10.9 Å². The molecule has 0 unspecified atom stereocenters. The van der Waals surface area contributed by atoms with Gasteiger partial charge in [0.05, 0.1) is 27.2 Å². The molecular weight excluding hydrogens is 256 g/mol. The lowest BCUT2D eigenvalue weighted by Gasteiger charge is -2.13. The molecule has 0 aliphatic heterocycles. The van der Waals surface area contributed by atoms with Crippen molar-refractivity contribution < 1.29 is 19.0 Å². The summed E-state index contributed by atoms with van der Waals surface area (Å²) < 4.78 is 15.7. The van der Waals surface area contributed by atoms with Gasteiger partial charge in [-0.05, 0) is 30.5 Å². The molecule has 0 saturated heterocycles. The van der Waals surface area contributed by atoms with Crippen LogP contribution in [0.3, 0.4) is 0 Å². The molecule has 0 heterocycles. The summed E-state index contributed by atoms with van der Waals surface area (Å²) in [6, 6.07) is 9.62. The first-order valence-corrected chi connectivity index (χ1v) is 6.48. The highest BCUT2D eigenvalue weighted by molar-refractivity contribution is 5.92. The molecule has 2 aromatic rings. The van der Waals surface area contributed by atoms with Crippen molar-refractivity contribution in [1.29, 1.82) is 0 Å². The lowest BCUT2D eigenvalue weighted by Crippen LogP contribution is -2.07. The minimum absolute atomic E-state index is 0.202. The van der Waals surface area contributed by atoms with Gasteiger partial charge in [0.1, 0.15) is 11.5 Å². The molecule has 20 heavy (non-hydrogen) atoms. The predicted octanol–water partition coefficient (Wildman–Crippen LogP) is 2.96. The van der Waals surface area contributed by atoms with Gasteiger partial charge < -0.3 is 14.2 Å². The zero-order chi connectivity index (χ0) is 14.5. The zero-order valence-corrected chi connectivity index (χ0v) is 11.9. The van der Waals surface area contributed by atoms with Crippen molar-refractivity contribution in [3.05, 3.63) is 35.9 Å². The fourth-order valence-corrected chi connectivity index (χ4v) is 2.13. The van der Waals surface area contributed by atoms with E-state index >= 15 is 0 Å². The summed E-state index contributed by atoms with van der Waals surface area (Å²) in [6.07, 6.45) is 0.202. The average molecular weight is 274 g/mol. The first-order valence-electron chi connectivity index (χ1n) is 6.48. The molecular formula is C16H18O4. The molecule has 0 N–H and O–H groups in total. The summed E-state index contributed by atoms with van der Waals surface area (Å²) in [5.41, 5.74) is 0.830. The van der Waals surface area contributed by atoms with E-state index in [0.717, 1.165) is 27.8 Å². The third-order valence-electron chi connectivity index (χ3n) is 3.11. The molecule has 0 saturated carbocycles. The van der Waals surface area contributed by atoms with E-state index in [1.165, 1.54) is 7.11 Å². The SMILES string of the molecule is CCOc1c(CC(=O)OC)ccc2cc(OC)ccc12. The molecule has 0 bridgehead atoms. The van der Waals surface area contributed by atoms with Crippen molar-refractivity contribution in [2.24, 2.45) is 0 Å². The Balaban J connectivity index is 2.53. The highest BCUT2D eigenvalue weighted by atomic mass is 16.5. The van der Waals surface area contributed by atoms with Crippen LogP contribution in [0.25, 0.3) is 10.8 Å². The zero-order valence-electron chi connectivity index (χ0n) is 11.9. The molecule has 0 radical (unpaired) electrons. The Bertz CT molecular complexity index is 619. The molecule has 2 rings (SSSR count). The molecule has 0 spiro atoms. The smallest absolute Gasteiger partial charge is 0.310 e. The van der Waals surface area contributed by atoms with Crippen LogP contribution in [-0.4, -0.2) is 26.8 Å². The van der Waals surface area contributed by atoms with Crippen molar-refractivity contribution in [2.45, 2.75) is 13.3 Å². The van der Waals surface area contributed by atoms with E-state index in [0.29, 0.717) is 6.61 Å². The van der Waals surface area contributed by atoms with E-state index in [-0.39, 0.29) is 12.4 Å². The lowest BCUT2D eigenvalue weighted by molar-refractivity contribution is -0.139. The van der Waals surface area contributed by atoms with Crippen LogP contribution >= 0.6 is 0 Å². The number of carbonyl (C=O) groups is 1. The fourth-order valence-electron chi connectivity index (χ4n) is 2.13. The van der Waals surface area contributed by atoms with Gasteiger partial charge in [-0.2, -0.15) is 0 Å². The molecule has 0 fully saturated rings. The molecule has 4 nitrogen and oxygen atoms in total. The molecule has 0 aliphatic rings. The van der Waals surface area contributed by atoms with Crippen LogP contribution < -0.4 is 9.47 Å². The van der Waals surface area contributed by atoms with Gasteiger partial charge in [-0.1, -0.05) is 12.1 Å². The molecule has 0 atom stereocenters. The summed E-state index contributed by atoms with van der Waals surface area (Å²) in [5, 5.41) is 1.98. The number of fused-ring (bicyclic) bond motifs is 1. The standard InChI is InChI=1S/C16H18O4/c1-4-20-16-12(10-15(17)19-3)6-5-11-9-13(18-2)7-8-14(11)16/h5-9H,4,10H2,1-3H3. The minimum Gasteiger partial charge on any atom is -0.497 e. The molecule has 4 heteroatoms. The van der Waals surface area contributed by atoms with Gasteiger partial charge in [0.15, 0.2) is 0 Å². The quantitative estimate of drug-likeness (QED) is 0.786. The maximum Gasteiger partial charge on any atom is 0.310 e. The van der Waals surface area contributed by atoms with Crippen molar-refractivity contribution in [2.75, 3.05) is 20.8 Å². The van der Waals surface area contributed by atoms with Crippen LogP contribution in [0.4, 0.5) is 0 Å². The maximum atomic E-state index is 11.5. The Morgan fingerprint density at radius 3 is 2.60 bits per heavy atom. The van der Waals surface area contributed by atoms with Gasteiger partial charge in [-0.15, -0.1) is 0 Å².